The van der Waals surface area contributed by atoms with Gasteiger partial charge in [-0.15, -0.1) is 0 Å². The summed E-state index contributed by atoms with van der Waals surface area (Å²) in [6.07, 6.45) is 9.05. The molecule has 3 aliphatic rings. The number of benzene rings is 8. The van der Waals surface area contributed by atoms with Crippen molar-refractivity contribution < 1.29 is 0 Å². The fraction of sp³-hybridized carbons (Fsp3) is 0.0909. The van der Waals surface area contributed by atoms with Crippen LogP contribution in [0.1, 0.15) is 47.2 Å². The van der Waals surface area contributed by atoms with Gasteiger partial charge in [-0.3, -0.25) is 0 Å². The van der Waals surface area contributed by atoms with Crippen molar-refractivity contribution in [2.45, 2.75) is 32.4 Å². The monoisotopic (exact) mass is 760 g/mol. The van der Waals surface area contributed by atoms with Crippen LogP contribution in [0.15, 0.2) is 170 Å². The van der Waals surface area contributed by atoms with Crippen LogP contribution in [-0.2, 0) is 5.41 Å². The molecule has 2 nitrogen and oxygen atoms in total. The third kappa shape index (κ3) is 5.16. The maximum Gasteiger partial charge on any atom is 0.117 e. The summed E-state index contributed by atoms with van der Waals surface area (Å²) in [5.74, 6) is 0. The lowest BCUT2D eigenvalue weighted by Gasteiger charge is -2.41. The fourth-order valence-electron chi connectivity index (χ4n) is 10.0. The number of rotatable bonds is 4. The van der Waals surface area contributed by atoms with Crippen molar-refractivity contribution in [2.75, 3.05) is 9.80 Å². The minimum atomic E-state index is -1.85. The summed E-state index contributed by atoms with van der Waals surface area (Å²) >= 11 is 0. The summed E-state index contributed by atoms with van der Waals surface area (Å²) in [5.41, 5.74) is 17.5. The summed E-state index contributed by atoms with van der Waals surface area (Å²) < 4.78 is 0. The first-order valence-corrected chi connectivity index (χ1v) is 23.4. The molecule has 0 spiro atoms. The first-order valence-electron chi connectivity index (χ1n) is 20.4. The summed E-state index contributed by atoms with van der Waals surface area (Å²) in [7, 11) is -1.85. The van der Waals surface area contributed by atoms with Gasteiger partial charge in [-0.2, -0.15) is 0 Å². The standard InChI is InChI=1S/C55H44N2Si/c1-55(2)46-35-37(28-33-43(46)44-34-32-41(36-47(44)55)56-51-22-9-11-25-53(51)58(3,4)54-26-12-10-23-52(54)56)27-29-38-17-13-19-45-42(38)18-14-24-50(45)57-48-20-7-5-15-39(48)30-31-40-16-6-8-21-49(40)57/h5-36H,1-4H3. The Kier molecular flexibility index (Phi) is 7.70. The van der Waals surface area contributed by atoms with E-state index in [0.717, 1.165) is 0 Å². The Morgan fingerprint density at radius 3 is 1.66 bits per heavy atom. The topological polar surface area (TPSA) is 6.48 Å². The highest BCUT2D eigenvalue weighted by molar-refractivity contribution is 7.02. The maximum atomic E-state index is 2.51. The Bertz CT molecular complexity index is 2940. The van der Waals surface area contributed by atoms with Crippen LogP contribution in [-0.4, -0.2) is 8.07 Å². The molecule has 0 amide bonds. The van der Waals surface area contributed by atoms with Crippen LogP contribution in [0, 0.1) is 0 Å². The minimum absolute atomic E-state index is 0.156. The molecule has 2 aliphatic heterocycles. The van der Waals surface area contributed by atoms with Crippen molar-refractivity contribution in [1.29, 1.82) is 0 Å². The first kappa shape index (κ1) is 34.6. The molecule has 11 rings (SSSR count). The number of anilines is 6. The molecule has 0 N–H and O–H groups in total. The first-order chi connectivity index (χ1) is 28.3. The second kappa shape index (κ2) is 12.9. The predicted octanol–water partition coefficient (Wildman–Crippen LogP) is 13.9. The van der Waals surface area contributed by atoms with E-state index in [4.69, 9.17) is 0 Å². The molecule has 1 aliphatic carbocycles. The number of para-hydroxylation sites is 4. The van der Waals surface area contributed by atoms with Crippen LogP contribution in [0.4, 0.5) is 34.1 Å². The zero-order valence-corrected chi connectivity index (χ0v) is 34.4. The van der Waals surface area contributed by atoms with Gasteiger partial charge in [0.05, 0.1) is 17.1 Å². The SMILES string of the molecule is CC1(C)c2cc(C=Cc3cccc4c(N5c6ccccc6C=Cc6ccccc65)cccc34)ccc2-c2ccc(N3c4ccccc4[Si](C)(C)c4ccccc43)cc21. The molecule has 0 bridgehead atoms. The van der Waals surface area contributed by atoms with Gasteiger partial charge in [0.25, 0.3) is 0 Å². The highest BCUT2D eigenvalue weighted by Gasteiger charge is 2.40. The van der Waals surface area contributed by atoms with Gasteiger partial charge in [-0.1, -0.05) is 179 Å². The van der Waals surface area contributed by atoms with E-state index in [2.05, 4.69) is 231 Å². The fourth-order valence-corrected chi connectivity index (χ4v) is 13.0. The normalized spacial score (nSPS) is 15.3. The zero-order valence-electron chi connectivity index (χ0n) is 33.4. The molecule has 0 unspecified atom stereocenters. The van der Waals surface area contributed by atoms with E-state index in [-0.39, 0.29) is 5.41 Å². The van der Waals surface area contributed by atoms with E-state index in [9.17, 15) is 0 Å². The molecule has 278 valence electrons. The van der Waals surface area contributed by atoms with E-state index in [0.29, 0.717) is 0 Å². The molecular weight excluding hydrogens is 717 g/mol. The predicted molar refractivity (Wildman–Crippen MR) is 252 cm³/mol. The Morgan fingerprint density at radius 2 is 0.983 bits per heavy atom. The summed E-state index contributed by atoms with van der Waals surface area (Å²) in [5, 5.41) is 5.44. The summed E-state index contributed by atoms with van der Waals surface area (Å²) in [4.78, 5) is 4.94. The van der Waals surface area contributed by atoms with Crippen LogP contribution in [0.3, 0.4) is 0 Å². The quantitative estimate of drug-likeness (QED) is 0.130. The van der Waals surface area contributed by atoms with Crippen molar-refractivity contribution in [2.24, 2.45) is 0 Å². The second-order valence-corrected chi connectivity index (χ2v) is 21.3. The van der Waals surface area contributed by atoms with Crippen LogP contribution in [0.5, 0.6) is 0 Å². The smallest absolute Gasteiger partial charge is 0.117 e. The Morgan fingerprint density at radius 1 is 0.448 bits per heavy atom. The molecule has 0 saturated heterocycles. The van der Waals surface area contributed by atoms with Gasteiger partial charge in [-0.05, 0) is 103 Å². The molecule has 0 fully saturated rings. The van der Waals surface area contributed by atoms with Crippen molar-refractivity contribution in [3.63, 3.8) is 0 Å². The van der Waals surface area contributed by atoms with E-state index >= 15 is 0 Å². The molecule has 0 radical (unpaired) electrons. The largest absolute Gasteiger partial charge is 0.311 e. The molecule has 8 aromatic carbocycles. The van der Waals surface area contributed by atoms with Gasteiger partial charge in [0.15, 0.2) is 0 Å². The average molecular weight is 761 g/mol. The zero-order chi connectivity index (χ0) is 39.2. The van der Waals surface area contributed by atoms with Crippen LogP contribution in [0.25, 0.3) is 46.2 Å². The van der Waals surface area contributed by atoms with Crippen molar-refractivity contribution in [3.05, 3.63) is 203 Å². The van der Waals surface area contributed by atoms with E-state index in [1.807, 2.05) is 0 Å². The van der Waals surface area contributed by atoms with E-state index < -0.39 is 8.07 Å². The molecule has 58 heavy (non-hydrogen) atoms. The van der Waals surface area contributed by atoms with Gasteiger partial charge >= 0.3 is 0 Å². The van der Waals surface area contributed by atoms with E-state index in [1.54, 1.807) is 0 Å². The molecule has 0 saturated carbocycles. The Hall–Kier alpha value is -6.68. The Balaban J connectivity index is 0.953. The summed E-state index contributed by atoms with van der Waals surface area (Å²) in [6, 6.07) is 63.1. The average Bonchev–Trinajstić information content (AvgIpc) is 3.36. The van der Waals surface area contributed by atoms with Crippen LogP contribution in [0.2, 0.25) is 13.1 Å². The number of fused-ring (bicyclic) bond motifs is 8. The highest BCUT2D eigenvalue weighted by Crippen LogP contribution is 2.51. The van der Waals surface area contributed by atoms with Crippen LogP contribution >= 0.6 is 0 Å². The molecule has 8 aromatic rings. The molecule has 0 aromatic heterocycles. The van der Waals surface area contributed by atoms with Gasteiger partial charge in [0, 0.05) is 27.9 Å². The molecule has 2 heterocycles. The highest BCUT2D eigenvalue weighted by atomic mass is 28.3. The molecule has 0 atom stereocenters. The molecular formula is C55H44N2Si. The van der Waals surface area contributed by atoms with Crippen molar-refractivity contribution in [3.8, 4) is 11.1 Å². The van der Waals surface area contributed by atoms with Gasteiger partial charge in [0.2, 0.25) is 0 Å². The van der Waals surface area contributed by atoms with Crippen LogP contribution < -0.4 is 20.2 Å². The lowest BCUT2D eigenvalue weighted by molar-refractivity contribution is 0.660. The molecule has 3 heteroatoms. The van der Waals surface area contributed by atoms with Crippen molar-refractivity contribution in [1.82, 2.24) is 0 Å². The van der Waals surface area contributed by atoms with Gasteiger partial charge in [-0.25, -0.2) is 0 Å². The maximum absolute atomic E-state index is 2.51. The van der Waals surface area contributed by atoms with Gasteiger partial charge < -0.3 is 9.80 Å². The third-order valence-corrected chi connectivity index (χ3v) is 16.5. The Labute approximate surface area is 342 Å². The van der Waals surface area contributed by atoms with Crippen molar-refractivity contribution >= 4 is 87.6 Å². The van der Waals surface area contributed by atoms with Gasteiger partial charge in [0.1, 0.15) is 8.07 Å². The second-order valence-electron chi connectivity index (χ2n) is 17.0. The summed E-state index contributed by atoms with van der Waals surface area (Å²) in [6.45, 7) is 9.76. The minimum Gasteiger partial charge on any atom is -0.311 e. The number of hydrogen-bond acceptors (Lipinski definition) is 2. The van der Waals surface area contributed by atoms with E-state index in [1.165, 1.54) is 99.8 Å². The lowest BCUT2D eigenvalue weighted by atomic mass is 9.81. The lowest BCUT2D eigenvalue weighted by Crippen LogP contribution is -2.58. The number of hydrogen-bond donors (Lipinski definition) is 0. The number of nitrogens with zero attached hydrogens (tertiary/aromatic N) is 2. The third-order valence-electron chi connectivity index (χ3n) is 13.0.